The lowest BCUT2D eigenvalue weighted by molar-refractivity contribution is -0.128. The first-order chi connectivity index (χ1) is 15.3. The van der Waals surface area contributed by atoms with Gasteiger partial charge in [0.15, 0.2) is 0 Å². The number of rotatable bonds is 4. The smallest absolute Gasteiger partial charge is 0.255 e. The van der Waals surface area contributed by atoms with Crippen molar-refractivity contribution in [3.05, 3.63) is 94.8 Å². The van der Waals surface area contributed by atoms with Gasteiger partial charge in [-0.25, -0.2) is 4.39 Å². The van der Waals surface area contributed by atoms with Crippen LogP contribution >= 0.6 is 0 Å². The molecule has 0 radical (unpaired) electrons. The Balaban J connectivity index is 1.85. The zero-order chi connectivity index (χ0) is 23.0. The third-order valence-electron chi connectivity index (χ3n) is 6.22. The van der Waals surface area contributed by atoms with Gasteiger partial charge in [-0.3, -0.25) is 14.5 Å². The maximum Gasteiger partial charge on any atom is 0.255 e. The zero-order valence-electron chi connectivity index (χ0n) is 18.8. The number of benzene rings is 3. The quantitative estimate of drug-likeness (QED) is 0.534. The number of carbonyl (C=O) groups excluding carboxylic acids is 2. The van der Waals surface area contributed by atoms with Gasteiger partial charge in [0.25, 0.3) is 5.91 Å². The first-order valence-electron chi connectivity index (χ1n) is 10.8. The molecule has 0 saturated carbocycles. The standard InChI is InChI=1S/C27H27FN2O2/c1-17(2)20-12-14-21(15-13-20)26-27(32)29(23-11-7-8-18(3)19(23)4)16-25(31)30(26)24-10-6-5-9-22(24)28/h5-15,17,26H,16H2,1-4H3/t26-/m1/s1. The lowest BCUT2D eigenvalue weighted by Crippen LogP contribution is -2.56. The Hall–Kier alpha value is -3.47. The third-order valence-corrected chi connectivity index (χ3v) is 6.22. The van der Waals surface area contributed by atoms with E-state index in [0.29, 0.717) is 17.2 Å². The van der Waals surface area contributed by atoms with Crippen LogP contribution in [-0.4, -0.2) is 18.4 Å². The van der Waals surface area contributed by atoms with Gasteiger partial charge in [0.2, 0.25) is 5.91 Å². The summed E-state index contributed by atoms with van der Waals surface area (Å²) in [6.45, 7) is 7.97. The molecule has 0 unspecified atom stereocenters. The number of aryl methyl sites for hydroxylation is 1. The van der Waals surface area contributed by atoms with Crippen molar-refractivity contribution in [3.8, 4) is 0 Å². The van der Waals surface area contributed by atoms with Gasteiger partial charge in [-0.15, -0.1) is 0 Å². The number of piperazine rings is 1. The summed E-state index contributed by atoms with van der Waals surface area (Å²) in [5.74, 6) is -0.771. The van der Waals surface area contributed by atoms with Crippen molar-refractivity contribution >= 4 is 23.2 Å². The molecule has 3 aromatic rings. The van der Waals surface area contributed by atoms with Crippen molar-refractivity contribution in [1.29, 1.82) is 0 Å². The fourth-order valence-electron chi connectivity index (χ4n) is 4.20. The van der Waals surface area contributed by atoms with Crippen LogP contribution < -0.4 is 9.80 Å². The van der Waals surface area contributed by atoms with E-state index in [9.17, 15) is 14.0 Å². The van der Waals surface area contributed by atoms with E-state index in [0.717, 1.165) is 16.7 Å². The second-order valence-electron chi connectivity index (χ2n) is 8.58. The summed E-state index contributed by atoms with van der Waals surface area (Å²) in [7, 11) is 0. The summed E-state index contributed by atoms with van der Waals surface area (Å²) in [6.07, 6.45) is 0. The highest BCUT2D eigenvalue weighted by molar-refractivity contribution is 6.14. The maximum absolute atomic E-state index is 14.8. The minimum Gasteiger partial charge on any atom is -0.301 e. The highest BCUT2D eigenvalue weighted by atomic mass is 19.1. The summed E-state index contributed by atoms with van der Waals surface area (Å²) in [4.78, 5) is 30.1. The van der Waals surface area contributed by atoms with E-state index in [1.54, 1.807) is 18.2 Å². The van der Waals surface area contributed by atoms with Crippen LogP contribution in [0, 0.1) is 19.7 Å². The number of halogens is 1. The van der Waals surface area contributed by atoms with E-state index in [4.69, 9.17) is 0 Å². The molecule has 32 heavy (non-hydrogen) atoms. The number of carbonyl (C=O) groups is 2. The average molecular weight is 431 g/mol. The number of para-hydroxylation sites is 1. The van der Waals surface area contributed by atoms with Crippen molar-refractivity contribution in [1.82, 2.24) is 0 Å². The van der Waals surface area contributed by atoms with Gasteiger partial charge in [-0.2, -0.15) is 0 Å². The minimum atomic E-state index is -0.950. The monoisotopic (exact) mass is 430 g/mol. The molecule has 1 heterocycles. The van der Waals surface area contributed by atoms with Crippen LogP contribution in [0.5, 0.6) is 0 Å². The number of nitrogens with zero attached hydrogens (tertiary/aromatic N) is 2. The number of amides is 2. The molecular formula is C27H27FN2O2. The van der Waals surface area contributed by atoms with Crippen LogP contribution in [0.25, 0.3) is 0 Å². The van der Waals surface area contributed by atoms with Crippen molar-refractivity contribution in [2.45, 2.75) is 39.7 Å². The molecule has 0 aromatic heterocycles. The molecule has 1 aliphatic heterocycles. The van der Waals surface area contributed by atoms with Crippen LogP contribution in [0.2, 0.25) is 0 Å². The third kappa shape index (κ3) is 3.79. The molecule has 1 saturated heterocycles. The van der Waals surface area contributed by atoms with Crippen molar-refractivity contribution < 1.29 is 14.0 Å². The summed E-state index contributed by atoms with van der Waals surface area (Å²) in [5.41, 5.74) is 4.60. The molecule has 1 fully saturated rings. The van der Waals surface area contributed by atoms with Gasteiger partial charge in [-0.1, -0.05) is 62.4 Å². The summed E-state index contributed by atoms with van der Waals surface area (Å²) in [5, 5.41) is 0. The Morgan fingerprint density at radius 2 is 1.53 bits per heavy atom. The maximum atomic E-state index is 14.8. The van der Waals surface area contributed by atoms with Crippen LogP contribution in [-0.2, 0) is 9.59 Å². The Morgan fingerprint density at radius 1 is 0.875 bits per heavy atom. The molecule has 3 aromatic carbocycles. The Bertz CT molecular complexity index is 1170. The second kappa shape index (κ2) is 8.58. The first-order valence-corrected chi connectivity index (χ1v) is 10.8. The van der Waals surface area contributed by atoms with E-state index < -0.39 is 11.9 Å². The van der Waals surface area contributed by atoms with Gasteiger partial charge in [0, 0.05) is 5.69 Å². The first kappa shape index (κ1) is 21.8. The molecule has 0 spiro atoms. The van der Waals surface area contributed by atoms with E-state index in [1.165, 1.54) is 15.9 Å². The van der Waals surface area contributed by atoms with Crippen LogP contribution in [0.1, 0.15) is 48.1 Å². The largest absolute Gasteiger partial charge is 0.301 e. The van der Waals surface area contributed by atoms with Crippen molar-refractivity contribution in [2.75, 3.05) is 16.3 Å². The molecule has 0 N–H and O–H groups in total. The molecule has 2 amide bonds. The summed E-state index contributed by atoms with van der Waals surface area (Å²) >= 11 is 0. The number of anilines is 2. The zero-order valence-corrected chi connectivity index (χ0v) is 18.8. The summed E-state index contributed by atoms with van der Waals surface area (Å²) in [6, 6.07) is 18.5. The molecule has 5 heteroatoms. The van der Waals surface area contributed by atoms with Gasteiger partial charge in [0.1, 0.15) is 18.4 Å². The Kier molecular flexibility index (Phi) is 5.83. The molecule has 4 rings (SSSR count). The highest BCUT2D eigenvalue weighted by Crippen LogP contribution is 2.37. The molecule has 1 atom stereocenters. The van der Waals surface area contributed by atoms with E-state index in [1.807, 2.05) is 56.3 Å². The molecule has 0 bridgehead atoms. The topological polar surface area (TPSA) is 40.6 Å². The van der Waals surface area contributed by atoms with Crippen LogP contribution in [0.4, 0.5) is 15.8 Å². The Labute approximate surface area is 188 Å². The van der Waals surface area contributed by atoms with E-state index >= 15 is 0 Å². The fourth-order valence-corrected chi connectivity index (χ4v) is 4.20. The average Bonchev–Trinajstić information content (AvgIpc) is 2.77. The molecular weight excluding hydrogens is 403 g/mol. The van der Waals surface area contributed by atoms with Gasteiger partial charge in [0.05, 0.1) is 5.69 Å². The fraction of sp³-hybridized carbons (Fsp3) is 0.259. The molecule has 164 valence electrons. The van der Waals surface area contributed by atoms with Gasteiger partial charge in [-0.05, 0) is 60.2 Å². The number of hydrogen-bond acceptors (Lipinski definition) is 2. The predicted octanol–water partition coefficient (Wildman–Crippen LogP) is 5.69. The SMILES string of the molecule is Cc1cccc(N2CC(=O)N(c3ccccc3F)[C@H](c3ccc(C(C)C)cc3)C2=O)c1C. The Morgan fingerprint density at radius 3 is 2.19 bits per heavy atom. The second-order valence-corrected chi connectivity index (χ2v) is 8.58. The number of hydrogen-bond donors (Lipinski definition) is 0. The lowest BCUT2D eigenvalue weighted by Gasteiger charge is -2.41. The highest BCUT2D eigenvalue weighted by Gasteiger charge is 2.43. The van der Waals surface area contributed by atoms with Gasteiger partial charge >= 0.3 is 0 Å². The predicted molar refractivity (Wildman–Crippen MR) is 125 cm³/mol. The van der Waals surface area contributed by atoms with E-state index in [-0.39, 0.29) is 24.0 Å². The normalized spacial score (nSPS) is 16.8. The van der Waals surface area contributed by atoms with Crippen molar-refractivity contribution in [3.63, 3.8) is 0 Å². The summed E-state index contributed by atoms with van der Waals surface area (Å²) < 4.78 is 14.8. The van der Waals surface area contributed by atoms with Crippen LogP contribution in [0.3, 0.4) is 0 Å². The lowest BCUT2D eigenvalue weighted by atomic mass is 9.95. The molecule has 0 aliphatic carbocycles. The van der Waals surface area contributed by atoms with Crippen LogP contribution in [0.15, 0.2) is 66.7 Å². The molecule has 4 nitrogen and oxygen atoms in total. The van der Waals surface area contributed by atoms with E-state index in [2.05, 4.69) is 13.8 Å². The minimum absolute atomic E-state index is 0.115. The molecule has 1 aliphatic rings. The van der Waals surface area contributed by atoms with Crippen molar-refractivity contribution in [2.24, 2.45) is 0 Å². The van der Waals surface area contributed by atoms with Gasteiger partial charge < -0.3 is 4.90 Å².